The minimum absolute atomic E-state index is 0.0394. The van der Waals surface area contributed by atoms with E-state index in [1.54, 1.807) is 6.92 Å². The molecular weight excluding hydrogens is 266 g/mol. The summed E-state index contributed by atoms with van der Waals surface area (Å²) in [6, 6.07) is 5.85. The molecule has 1 rings (SSSR count). The lowest BCUT2D eigenvalue weighted by Crippen LogP contribution is -2.33. The maximum absolute atomic E-state index is 12.3. The van der Waals surface area contributed by atoms with Gasteiger partial charge in [-0.25, -0.2) is 0 Å². The van der Waals surface area contributed by atoms with E-state index in [0.29, 0.717) is 6.42 Å². The standard InChI is InChI=1S/C17H25NO3/c1-11-7-5-8-12(2)15(11)16(19)18-14(4)10-6-9-13(3)17(20)21/h5,7-8,13-14H,6,9-10H2,1-4H3,(H,18,19)(H,20,21). The molecule has 1 aromatic carbocycles. The van der Waals surface area contributed by atoms with Gasteiger partial charge in [-0.05, 0) is 44.7 Å². The van der Waals surface area contributed by atoms with Crippen molar-refractivity contribution in [1.82, 2.24) is 5.32 Å². The van der Waals surface area contributed by atoms with E-state index in [9.17, 15) is 9.59 Å². The van der Waals surface area contributed by atoms with Crippen molar-refractivity contribution < 1.29 is 14.7 Å². The third-order valence-corrected chi connectivity index (χ3v) is 3.78. The SMILES string of the molecule is Cc1cccc(C)c1C(=O)NC(C)CCCC(C)C(=O)O. The van der Waals surface area contributed by atoms with Crippen LogP contribution in [0.4, 0.5) is 0 Å². The number of nitrogens with one attached hydrogen (secondary N) is 1. The van der Waals surface area contributed by atoms with Gasteiger partial charge in [-0.1, -0.05) is 31.5 Å². The van der Waals surface area contributed by atoms with Crippen molar-refractivity contribution in [3.05, 3.63) is 34.9 Å². The highest BCUT2D eigenvalue weighted by Crippen LogP contribution is 2.14. The van der Waals surface area contributed by atoms with E-state index < -0.39 is 5.97 Å². The number of benzene rings is 1. The minimum Gasteiger partial charge on any atom is -0.481 e. The van der Waals surface area contributed by atoms with Gasteiger partial charge in [0.05, 0.1) is 5.92 Å². The highest BCUT2D eigenvalue weighted by molar-refractivity contribution is 5.97. The second-order valence-corrected chi connectivity index (χ2v) is 5.81. The topological polar surface area (TPSA) is 66.4 Å². The van der Waals surface area contributed by atoms with Crippen LogP contribution in [0.1, 0.15) is 54.6 Å². The maximum Gasteiger partial charge on any atom is 0.306 e. The first-order valence-corrected chi connectivity index (χ1v) is 7.42. The van der Waals surface area contributed by atoms with Crippen LogP contribution in [-0.2, 0) is 4.79 Å². The Morgan fingerprint density at radius 2 is 1.71 bits per heavy atom. The molecule has 0 aliphatic rings. The molecule has 4 nitrogen and oxygen atoms in total. The van der Waals surface area contributed by atoms with Crippen LogP contribution in [0.3, 0.4) is 0 Å². The monoisotopic (exact) mass is 291 g/mol. The summed E-state index contributed by atoms with van der Waals surface area (Å²) in [6.45, 7) is 7.53. The van der Waals surface area contributed by atoms with Crippen molar-refractivity contribution in [3.63, 3.8) is 0 Å². The van der Waals surface area contributed by atoms with Gasteiger partial charge >= 0.3 is 5.97 Å². The number of amides is 1. The van der Waals surface area contributed by atoms with Gasteiger partial charge in [0.2, 0.25) is 0 Å². The quantitative estimate of drug-likeness (QED) is 0.810. The summed E-state index contributed by atoms with van der Waals surface area (Å²) in [6.07, 6.45) is 2.22. The molecular formula is C17H25NO3. The predicted molar refractivity (Wildman–Crippen MR) is 83.5 cm³/mol. The van der Waals surface area contributed by atoms with Gasteiger partial charge in [0.15, 0.2) is 0 Å². The minimum atomic E-state index is -0.762. The molecule has 0 heterocycles. The Morgan fingerprint density at radius 3 is 2.24 bits per heavy atom. The summed E-state index contributed by atoms with van der Waals surface area (Å²) >= 11 is 0. The first-order valence-electron chi connectivity index (χ1n) is 7.42. The Balaban J connectivity index is 2.49. The normalized spacial score (nSPS) is 13.5. The number of aryl methyl sites for hydroxylation is 2. The average Bonchev–Trinajstić information content (AvgIpc) is 2.37. The molecule has 1 amide bonds. The van der Waals surface area contributed by atoms with E-state index in [1.165, 1.54) is 0 Å². The molecule has 0 radical (unpaired) electrons. The summed E-state index contributed by atoms with van der Waals surface area (Å²) in [5, 5.41) is 11.8. The Bertz CT molecular complexity index is 491. The second-order valence-electron chi connectivity index (χ2n) is 5.81. The lowest BCUT2D eigenvalue weighted by atomic mass is 10.0. The van der Waals surface area contributed by atoms with Gasteiger partial charge in [0, 0.05) is 11.6 Å². The molecule has 0 aliphatic heterocycles. The lowest BCUT2D eigenvalue weighted by molar-refractivity contribution is -0.141. The zero-order valence-corrected chi connectivity index (χ0v) is 13.3. The lowest BCUT2D eigenvalue weighted by Gasteiger charge is -2.16. The molecule has 2 N–H and O–H groups in total. The number of carboxylic acids is 1. The zero-order chi connectivity index (χ0) is 16.0. The molecule has 0 bridgehead atoms. The predicted octanol–water partition coefficient (Wildman–Crippen LogP) is 3.31. The number of carbonyl (C=O) groups is 2. The van der Waals surface area contributed by atoms with Crippen molar-refractivity contribution >= 4 is 11.9 Å². The highest BCUT2D eigenvalue weighted by atomic mass is 16.4. The number of rotatable bonds is 7. The van der Waals surface area contributed by atoms with Crippen molar-refractivity contribution in [1.29, 1.82) is 0 Å². The first-order chi connectivity index (χ1) is 9.82. The van der Waals surface area contributed by atoms with E-state index in [-0.39, 0.29) is 17.9 Å². The van der Waals surface area contributed by atoms with Gasteiger partial charge in [0.25, 0.3) is 5.91 Å². The molecule has 0 spiro atoms. The third kappa shape index (κ3) is 5.21. The van der Waals surface area contributed by atoms with Crippen LogP contribution in [0.5, 0.6) is 0 Å². The number of carbonyl (C=O) groups excluding carboxylic acids is 1. The van der Waals surface area contributed by atoms with E-state index in [2.05, 4.69) is 5.32 Å². The molecule has 2 atom stereocenters. The van der Waals surface area contributed by atoms with E-state index in [1.807, 2.05) is 39.0 Å². The van der Waals surface area contributed by atoms with Crippen molar-refractivity contribution in [3.8, 4) is 0 Å². The maximum atomic E-state index is 12.3. The highest BCUT2D eigenvalue weighted by Gasteiger charge is 2.15. The Morgan fingerprint density at radius 1 is 1.14 bits per heavy atom. The van der Waals surface area contributed by atoms with Crippen LogP contribution in [0.2, 0.25) is 0 Å². The fraction of sp³-hybridized carbons (Fsp3) is 0.529. The molecule has 1 aromatic rings. The van der Waals surface area contributed by atoms with Gasteiger partial charge < -0.3 is 10.4 Å². The summed E-state index contributed by atoms with van der Waals surface area (Å²) < 4.78 is 0. The van der Waals surface area contributed by atoms with Gasteiger partial charge in [-0.15, -0.1) is 0 Å². The molecule has 2 unspecified atom stereocenters. The molecule has 0 aromatic heterocycles. The number of aliphatic carboxylic acids is 1. The second kappa shape index (κ2) is 7.81. The van der Waals surface area contributed by atoms with Crippen LogP contribution in [0, 0.1) is 19.8 Å². The van der Waals surface area contributed by atoms with Crippen molar-refractivity contribution in [2.45, 2.75) is 53.0 Å². The van der Waals surface area contributed by atoms with E-state index in [0.717, 1.165) is 29.5 Å². The van der Waals surface area contributed by atoms with Crippen molar-refractivity contribution in [2.24, 2.45) is 5.92 Å². The number of hydrogen-bond acceptors (Lipinski definition) is 2. The van der Waals surface area contributed by atoms with E-state index in [4.69, 9.17) is 5.11 Å². The van der Waals surface area contributed by atoms with Gasteiger partial charge in [-0.3, -0.25) is 9.59 Å². The van der Waals surface area contributed by atoms with Gasteiger partial charge in [-0.2, -0.15) is 0 Å². The molecule has 4 heteroatoms. The first kappa shape index (κ1) is 17.2. The molecule has 116 valence electrons. The zero-order valence-electron chi connectivity index (χ0n) is 13.3. The molecule has 0 fully saturated rings. The molecule has 0 aliphatic carbocycles. The Hall–Kier alpha value is -1.84. The molecule has 21 heavy (non-hydrogen) atoms. The van der Waals surface area contributed by atoms with Crippen LogP contribution in [-0.4, -0.2) is 23.0 Å². The summed E-state index contributed by atoms with van der Waals surface area (Å²) in [7, 11) is 0. The summed E-state index contributed by atoms with van der Waals surface area (Å²) in [5.74, 6) is -1.14. The smallest absolute Gasteiger partial charge is 0.306 e. The van der Waals surface area contributed by atoms with Crippen LogP contribution < -0.4 is 5.32 Å². The summed E-state index contributed by atoms with van der Waals surface area (Å²) in [4.78, 5) is 23.0. The van der Waals surface area contributed by atoms with Crippen molar-refractivity contribution in [2.75, 3.05) is 0 Å². The number of hydrogen-bond donors (Lipinski definition) is 2. The van der Waals surface area contributed by atoms with Crippen LogP contribution >= 0.6 is 0 Å². The summed E-state index contributed by atoms with van der Waals surface area (Å²) in [5.41, 5.74) is 2.68. The number of carboxylic acid groups (broad SMARTS) is 1. The Labute approximate surface area is 126 Å². The fourth-order valence-corrected chi connectivity index (χ4v) is 2.39. The van der Waals surface area contributed by atoms with E-state index >= 15 is 0 Å². The largest absolute Gasteiger partial charge is 0.481 e. The third-order valence-electron chi connectivity index (χ3n) is 3.78. The Kier molecular flexibility index (Phi) is 6.40. The fourth-order valence-electron chi connectivity index (χ4n) is 2.39. The van der Waals surface area contributed by atoms with Gasteiger partial charge in [0.1, 0.15) is 0 Å². The average molecular weight is 291 g/mol. The van der Waals surface area contributed by atoms with Crippen LogP contribution in [0.25, 0.3) is 0 Å². The van der Waals surface area contributed by atoms with Crippen LogP contribution in [0.15, 0.2) is 18.2 Å². The molecule has 0 saturated heterocycles. The molecule has 0 saturated carbocycles.